The van der Waals surface area contributed by atoms with Crippen LogP contribution in [0.3, 0.4) is 0 Å². The number of rotatable bonds is 7. The summed E-state index contributed by atoms with van der Waals surface area (Å²) in [6, 6.07) is 0. The molecule has 0 heterocycles. The molecule has 5 nitrogen and oxygen atoms in total. The lowest BCUT2D eigenvalue weighted by atomic mass is 10.2. The molecule has 0 aliphatic carbocycles. The summed E-state index contributed by atoms with van der Waals surface area (Å²) in [6.07, 6.45) is 1.07. The van der Waals surface area contributed by atoms with Crippen molar-refractivity contribution < 1.29 is 9.59 Å². The second-order valence-electron chi connectivity index (χ2n) is 4.34. The summed E-state index contributed by atoms with van der Waals surface area (Å²) in [5.41, 5.74) is 5.31. The van der Waals surface area contributed by atoms with Crippen LogP contribution in [0, 0.1) is 5.92 Å². The molecule has 94 valence electrons. The van der Waals surface area contributed by atoms with Gasteiger partial charge in [0, 0.05) is 20.0 Å². The van der Waals surface area contributed by atoms with E-state index >= 15 is 0 Å². The molecule has 0 rings (SSSR count). The molecule has 0 unspecified atom stereocenters. The van der Waals surface area contributed by atoms with Gasteiger partial charge in [-0.3, -0.25) is 9.59 Å². The molecular formula is C11H23N3O2. The summed E-state index contributed by atoms with van der Waals surface area (Å²) in [5.74, 6) is 0.268. The highest BCUT2D eigenvalue weighted by Crippen LogP contribution is 1.94. The zero-order chi connectivity index (χ0) is 12.6. The predicted octanol–water partition coefficient (Wildman–Crippen LogP) is -0.0441. The molecule has 2 amide bonds. The van der Waals surface area contributed by atoms with E-state index < -0.39 is 0 Å². The molecule has 16 heavy (non-hydrogen) atoms. The average molecular weight is 229 g/mol. The maximum atomic E-state index is 11.5. The van der Waals surface area contributed by atoms with E-state index in [2.05, 4.69) is 5.32 Å². The van der Waals surface area contributed by atoms with Crippen LogP contribution in [0.25, 0.3) is 0 Å². The van der Waals surface area contributed by atoms with Gasteiger partial charge in [0.25, 0.3) is 0 Å². The largest absolute Gasteiger partial charge is 0.354 e. The van der Waals surface area contributed by atoms with Crippen molar-refractivity contribution >= 4 is 11.8 Å². The number of nitrogens with two attached hydrogens (primary N) is 1. The SMILES string of the molecule is CC(C)CNC(=O)CN(C)C(=O)CCCN. The van der Waals surface area contributed by atoms with Crippen molar-refractivity contribution in [1.82, 2.24) is 10.2 Å². The maximum Gasteiger partial charge on any atom is 0.239 e. The van der Waals surface area contributed by atoms with Crippen molar-refractivity contribution in [3.05, 3.63) is 0 Å². The number of amides is 2. The van der Waals surface area contributed by atoms with Crippen LogP contribution in [0.1, 0.15) is 26.7 Å². The van der Waals surface area contributed by atoms with Crippen LogP contribution in [0.5, 0.6) is 0 Å². The lowest BCUT2D eigenvalue weighted by molar-refractivity contribution is -0.134. The summed E-state index contributed by atoms with van der Waals surface area (Å²) in [4.78, 5) is 24.3. The highest BCUT2D eigenvalue weighted by Gasteiger charge is 2.11. The van der Waals surface area contributed by atoms with Crippen LogP contribution in [0.15, 0.2) is 0 Å². The van der Waals surface area contributed by atoms with Crippen LogP contribution >= 0.6 is 0 Å². The van der Waals surface area contributed by atoms with E-state index in [0.717, 1.165) is 0 Å². The molecule has 0 fully saturated rings. The average Bonchev–Trinajstić information content (AvgIpc) is 2.22. The van der Waals surface area contributed by atoms with E-state index in [4.69, 9.17) is 5.73 Å². The molecule has 0 aromatic rings. The summed E-state index contributed by atoms with van der Waals surface area (Å²) in [7, 11) is 1.63. The Labute approximate surface area is 97.4 Å². The number of carbonyl (C=O) groups excluding carboxylic acids is 2. The van der Waals surface area contributed by atoms with Gasteiger partial charge in [-0.1, -0.05) is 13.8 Å². The molecule has 0 spiro atoms. The number of carbonyl (C=O) groups is 2. The molecule has 0 aliphatic heterocycles. The molecule has 3 N–H and O–H groups in total. The molecule has 0 aliphatic rings. The zero-order valence-corrected chi connectivity index (χ0v) is 10.5. The first-order chi connectivity index (χ1) is 7.47. The maximum absolute atomic E-state index is 11.5. The zero-order valence-electron chi connectivity index (χ0n) is 10.5. The smallest absolute Gasteiger partial charge is 0.239 e. The Morgan fingerprint density at radius 1 is 1.38 bits per heavy atom. The standard InChI is InChI=1S/C11H23N3O2/c1-9(2)7-13-10(15)8-14(3)11(16)5-4-6-12/h9H,4-8,12H2,1-3H3,(H,13,15). The topological polar surface area (TPSA) is 75.4 Å². The first-order valence-electron chi connectivity index (χ1n) is 5.68. The van der Waals surface area contributed by atoms with Gasteiger partial charge in [0.1, 0.15) is 0 Å². The molecular weight excluding hydrogens is 206 g/mol. The van der Waals surface area contributed by atoms with Crippen LogP contribution in [0.4, 0.5) is 0 Å². The van der Waals surface area contributed by atoms with E-state index in [-0.39, 0.29) is 18.4 Å². The number of hydrogen-bond donors (Lipinski definition) is 2. The Hall–Kier alpha value is -1.10. The van der Waals surface area contributed by atoms with Gasteiger partial charge in [-0.25, -0.2) is 0 Å². The van der Waals surface area contributed by atoms with Gasteiger partial charge in [0.2, 0.25) is 11.8 Å². The second-order valence-corrected chi connectivity index (χ2v) is 4.34. The lowest BCUT2D eigenvalue weighted by Gasteiger charge is -2.17. The van der Waals surface area contributed by atoms with Gasteiger partial charge in [-0.05, 0) is 18.9 Å². The van der Waals surface area contributed by atoms with Crippen molar-refractivity contribution in [1.29, 1.82) is 0 Å². The molecule has 0 saturated heterocycles. The number of nitrogens with one attached hydrogen (secondary N) is 1. The normalized spacial score (nSPS) is 10.3. The number of likely N-dealkylation sites (N-methyl/N-ethyl adjacent to an activating group) is 1. The van der Waals surface area contributed by atoms with Gasteiger partial charge >= 0.3 is 0 Å². The second kappa shape index (κ2) is 8.10. The molecule has 0 atom stereocenters. The fourth-order valence-corrected chi connectivity index (χ4v) is 1.12. The highest BCUT2D eigenvalue weighted by molar-refractivity contribution is 5.84. The monoisotopic (exact) mass is 229 g/mol. The third kappa shape index (κ3) is 7.23. The van der Waals surface area contributed by atoms with Gasteiger partial charge < -0.3 is 16.0 Å². The minimum absolute atomic E-state index is 0.0369. The van der Waals surface area contributed by atoms with Crippen LogP contribution < -0.4 is 11.1 Å². The van der Waals surface area contributed by atoms with E-state index in [1.165, 1.54) is 4.90 Å². The third-order valence-corrected chi connectivity index (χ3v) is 2.11. The van der Waals surface area contributed by atoms with Gasteiger partial charge in [-0.15, -0.1) is 0 Å². The van der Waals surface area contributed by atoms with Crippen molar-refractivity contribution in [3.63, 3.8) is 0 Å². The van der Waals surface area contributed by atoms with E-state index in [1.54, 1.807) is 7.05 Å². The van der Waals surface area contributed by atoms with Crippen LogP contribution in [-0.4, -0.2) is 43.4 Å². The molecule has 0 aromatic carbocycles. The summed E-state index contributed by atoms with van der Waals surface area (Å²) >= 11 is 0. The molecule has 0 aromatic heterocycles. The van der Waals surface area contributed by atoms with Crippen molar-refractivity contribution in [2.24, 2.45) is 11.7 Å². The Balaban J connectivity index is 3.80. The Morgan fingerprint density at radius 2 is 2.00 bits per heavy atom. The highest BCUT2D eigenvalue weighted by atomic mass is 16.2. The minimum Gasteiger partial charge on any atom is -0.354 e. The van der Waals surface area contributed by atoms with E-state index in [0.29, 0.717) is 31.8 Å². The minimum atomic E-state index is -0.114. The molecule has 0 bridgehead atoms. The Bertz CT molecular complexity index is 229. The third-order valence-electron chi connectivity index (χ3n) is 2.11. The summed E-state index contributed by atoms with van der Waals surface area (Å²) in [5, 5.41) is 2.77. The van der Waals surface area contributed by atoms with Crippen molar-refractivity contribution in [2.45, 2.75) is 26.7 Å². The first-order valence-corrected chi connectivity index (χ1v) is 5.68. The fourth-order valence-electron chi connectivity index (χ4n) is 1.12. The van der Waals surface area contributed by atoms with Crippen LogP contribution in [0.2, 0.25) is 0 Å². The van der Waals surface area contributed by atoms with E-state index in [9.17, 15) is 9.59 Å². The predicted molar refractivity (Wildman–Crippen MR) is 63.8 cm³/mol. The number of nitrogens with zero attached hydrogens (tertiary/aromatic N) is 1. The summed E-state index contributed by atoms with van der Waals surface area (Å²) < 4.78 is 0. The Kier molecular flexibility index (Phi) is 7.54. The number of hydrogen-bond acceptors (Lipinski definition) is 3. The molecule has 5 heteroatoms. The van der Waals surface area contributed by atoms with Crippen molar-refractivity contribution in [3.8, 4) is 0 Å². The fraction of sp³-hybridized carbons (Fsp3) is 0.818. The van der Waals surface area contributed by atoms with Gasteiger partial charge in [0.05, 0.1) is 6.54 Å². The molecule has 0 radical (unpaired) electrons. The van der Waals surface area contributed by atoms with Crippen molar-refractivity contribution in [2.75, 3.05) is 26.7 Å². The van der Waals surface area contributed by atoms with Gasteiger partial charge in [-0.2, -0.15) is 0 Å². The molecule has 0 saturated carbocycles. The van der Waals surface area contributed by atoms with Crippen LogP contribution in [-0.2, 0) is 9.59 Å². The van der Waals surface area contributed by atoms with Gasteiger partial charge in [0.15, 0.2) is 0 Å². The summed E-state index contributed by atoms with van der Waals surface area (Å²) in [6.45, 7) is 5.31. The Morgan fingerprint density at radius 3 is 2.50 bits per heavy atom. The first kappa shape index (κ1) is 14.9. The lowest BCUT2D eigenvalue weighted by Crippen LogP contribution is -2.39. The van der Waals surface area contributed by atoms with E-state index in [1.807, 2.05) is 13.8 Å². The quantitative estimate of drug-likeness (QED) is 0.643.